The van der Waals surface area contributed by atoms with Gasteiger partial charge >= 0.3 is 0 Å². The first-order valence-electron chi connectivity index (χ1n) is 9.28. The Hall–Kier alpha value is -2.49. The van der Waals surface area contributed by atoms with E-state index in [0.717, 1.165) is 17.9 Å². The van der Waals surface area contributed by atoms with Crippen molar-refractivity contribution in [1.29, 1.82) is 0 Å². The molecule has 0 spiro atoms. The largest absolute Gasteiger partial charge is 0.493 e. The van der Waals surface area contributed by atoms with Crippen molar-refractivity contribution in [3.63, 3.8) is 0 Å². The van der Waals surface area contributed by atoms with E-state index in [2.05, 4.69) is 31.3 Å². The molecule has 1 aliphatic rings. The molecule has 2 aromatic carbocycles. The number of hydrogen-bond acceptors (Lipinski definition) is 3. The molecule has 138 valence electrons. The first-order valence-corrected chi connectivity index (χ1v) is 9.28. The van der Waals surface area contributed by atoms with E-state index in [-0.39, 0.29) is 11.8 Å². The summed E-state index contributed by atoms with van der Waals surface area (Å²) in [6.45, 7) is 7.28. The smallest absolute Gasteiger partial charge is 0.260 e. The lowest BCUT2D eigenvalue weighted by atomic mass is 9.97. The zero-order valence-corrected chi connectivity index (χ0v) is 15.7. The quantitative estimate of drug-likeness (QED) is 0.855. The third-order valence-corrected chi connectivity index (χ3v) is 4.73. The minimum atomic E-state index is -0.533. The van der Waals surface area contributed by atoms with Crippen molar-refractivity contribution in [2.45, 2.75) is 39.2 Å². The summed E-state index contributed by atoms with van der Waals surface area (Å²) in [7, 11) is 0. The topological polar surface area (TPSA) is 47.6 Å². The molecule has 2 unspecified atom stereocenters. The normalized spacial score (nSPS) is 17.2. The molecule has 0 aliphatic carbocycles. The van der Waals surface area contributed by atoms with Gasteiger partial charge in [-0.2, -0.15) is 0 Å². The summed E-state index contributed by atoms with van der Waals surface area (Å²) in [5.74, 6) is 2.30. The lowest BCUT2D eigenvalue weighted by Gasteiger charge is -2.26. The van der Waals surface area contributed by atoms with E-state index in [1.54, 1.807) is 6.92 Å². The average Bonchev–Trinajstić information content (AvgIpc) is 2.66. The maximum absolute atomic E-state index is 12.4. The van der Waals surface area contributed by atoms with Gasteiger partial charge in [-0.25, -0.2) is 0 Å². The van der Waals surface area contributed by atoms with Crippen LogP contribution in [0.4, 0.5) is 0 Å². The molecule has 4 nitrogen and oxygen atoms in total. The number of para-hydroxylation sites is 1. The number of fused-ring (bicyclic) bond motifs is 1. The third-order valence-electron chi connectivity index (χ3n) is 4.73. The van der Waals surface area contributed by atoms with Crippen LogP contribution in [0, 0.1) is 5.92 Å². The van der Waals surface area contributed by atoms with Crippen molar-refractivity contribution >= 4 is 5.91 Å². The Balaban J connectivity index is 1.50. The van der Waals surface area contributed by atoms with Crippen molar-refractivity contribution in [3.8, 4) is 11.5 Å². The highest BCUT2D eigenvalue weighted by Crippen LogP contribution is 2.26. The summed E-state index contributed by atoms with van der Waals surface area (Å²) in [5.41, 5.74) is 2.40. The van der Waals surface area contributed by atoms with Crippen LogP contribution in [0.15, 0.2) is 48.5 Å². The minimum absolute atomic E-state index is 0.0983. The molecule has 0 saturated heterocycles. The van der Waals surface area contributed by atoms with Gasteiger partial charge < -0.3 is 14.8 Å². The molecule has 0 saturated carbocycles. The van der Waals surface area contributed by atoms with E-state index in [1.807, 2.05) is 36.4 Å². The van der Waals surface area contributed by atoms with E-state index in [0.29, 0.717) is 19.1 Å². The van der Waals surface area contributed by atoms with E-state index in [4.69, 9.17) is 9.47 Å². The van der Waals surface area contributed by atoms with E-state index >= 15 is 0 Å². The van der Waals surface area contributed by atoms with Gasteiger partial charge in [-0.3, -0.25) is 4.79 Å². The van der Waals surface area contributed by atoms with E-state index < -0.39 is 6.10 Å². The van der Waals surface area contributed by atoms with Crippen molar-refractivity contribution in [3.05, 3.63) is 59.7 Å². The fourth-order valence-corrected chi connectivity index (χ4v) is 3.12. The van der Waals surface area contributed by atoms with E-state index in [1.165, 1.54) is 11.1 Å². The molecule has 4 heteroatoms. The van der Waals surface area contributed by atoms with Crippen molar-refractivity contribution in [2.24, 2.45) is 5.92 Å². The Morgan fingerprint density at radius 3 is 2.81 bits per heavy atom. The first kappa shape index (κ1) is 18.3. The minimum Gasteiger partial charge on any atom is -0.493 e. The van der Waals surface area contributed by atoms with Crippen molar-refractivity contribution < 1.29 is 14.3 Å². The fourth-order valence-electron chi connectivity index (χ4n) is 3.12. The van der Waals surface area contributed by atoms with Gasteiger partial charge in [0.05, 0.1) is 6.61 Å². The summed E-state index contributed by atoms with van der Waals surface area (Å²) in [4.78, 5) is 12.4. The molecule has 1 N–H and O–H groups in total. The van der Waals surface area contributed by atoms with E-state index in [9.17, 15) is 4.79 Å². The molecule has 1 aliphatic heterocycles. The van der Waals surface area contributed by atoms with Gasteiger partial charge in [-0.15, -0.1) is 0 Å². The average molecular weight is 353 g/mol. The molecular weight excluding hydrogens is 326 g/mol. The molecule has 2 aromatic rings. The predicted molar refractivity (Wildman–Crippen MR) is 103 cm³/mol. The molecule has 26 heavy (non-hydrogen) atoms. The molecule has 0 fully saturated rings. The Labute approximate surface area is 155 Å². The van der Waals surface area contributed by atoms with Gasteiger partial charge in [-0.1, -0.05) is 44.2 Å². The Morgan fingerprint density at radius 2 is 2.00 bits per heavy atom. The lowest BCUT2D eigenvalue weighted by Crippen LogP contribution is -2.41. The number of amides is 1. The van der Waals surface area contributed by atoms with Gasteiger partial charge in [0.1, 0.15) is 11.5 Å². The second-order valence-corrected chi connectivity index (χ2v) is 7.22. The van der Waals surface area contributed by atoms with Crippen LogP contribution in [0.25, 0.3) is 0 Å². The molecular formula is C22H27NO3. The number of benzene rings is 2. The number of ether oxygens (including phenoxy) is 2. The highest BCUT2D eigenvalue weighted by Gasteiger charge is 2.22. The van der Waals surface area contributed by atoms with Crippen molar-refractivity contribution in [2.75, 3.05) is 13.2 Å². The summed E-state index contributed by atoms with van der Waals surface area (Å²) in [6, 6.07) is 16.0. The third kappa shape index (κ3) is 4.57. The molecule has 0 aromatic heterocycles. The van der Waals surface area contributed by atoms with Gasteiger partial charge in [0.15, 0.2) is 6.10 Å². The SMILES string of the molecule is CC(Oc1cccc(C(C)C)c1)C(=O)NCC1COc2ccccc2C1. The first-order chi connectivity index (χ1) is 12.5. The van der Waals surface area contributed by atoms with Gasteiger partial charge in [0.25, 0.3) is 5.91 Å². The lowest BCUT2D eigenvalue weighted by molar-refractivity contribution is -0.127. The van der Waals surface area contributed by atoms with Crippen LogP contribution in [0.2, 0.25) is 0 Å². The Morgan fingerprint density at radius 1 is 1.19 bits per heavy atom. The molecule has 0 bridgehead atoms. The summed E-state index contributed by atoms with van der Waals surface area (Å²) < 4.78 is 11.6. The van der Waals surface area contributed by atoms with Crippen LogP contribution in [0.1, 0.15) is 37.8 Å². The number of carbonyl (C=O) groups is 1. The highest BCUT2D eigenvalue weighted by atomic mass is 16.5. The summed E-state index contributed by atoms with van der Waals surface area (Å²) >= 11 is 0. The van der Waals surface area contributed by atoms with Gasteiger partial charge in [0, 0.05) is 12.5 Å². The monoisotopic (exact) mass is 353 g/mol. The highest BCUT2D eigenvalue weighted by molar-refractivity contribution is 5.80. The van der Waals surface area contributed by atoms with Crippen LogP contribution in [0.5, 0.6) is 11.5 Å². The fraction of sp³-hybridized carbons (Fsp3) is 0.409. The standard InChI is InChI=1S/C22H27NO3/c1-15(2)18-8-6-9-20(12-18)26-16(3)22(24)23-13-17-11-19-7-4-5-10-21(19)25-14-17/h4-10,12,15-17H,11,13-14H2,1-3H3,(H,23,24). The van der Waals surface area contributed by atoms with Crippen molar-refractivity contribution in [1.82, 2.24) is 5.32 Å². The molecule has 3 rings (SSSR count). The van der Waals surface area contributed by atoms with Gasteiger partial charge in [0.2, 0.25) is 0 Å². The van der Waals surface area contributed by atoms with Crippen LogP contribution in [-0.4, -0.2) is 25.2 Å². The molecule has 2 atom stereocenters. The molecule has 0 radical (unpaired) electrons. The zero-order valence-electron chi connectivity index (χ0n) is 15.7. The number of carbonyl (C=O) groups excluding carboxylic acids is 1. The summed E-state index contributed by atoms with van der Waals surface area (Å²) in [5, 5.41) is 3.00. The Bertz CT molecular complexity index is 757. The number of hydrogen-bond donors (Lipinski definition) is 1. The predicted octanol–water partition coefficient (Wildman–Crippen LogP) is 3.94. The van der Waals surface area contributed by atoms with Gasteiger partial charge in [-0.05, 0) is 48.6 Å². The number of nitrogens with one attached hydrogen (secondary N) is 1. The van der Waals surface area contributed by atoms with Crippen LogP contribution < -0.4 is 14.8 Å². The Kier molecular flexibility index (Phi) is 5.82. The van der Waals surface area contributed by atoms with Crippen LogP contribution >= 0.6 is 0 Å². The number of rotatable bonds is 6. The maximum Gasteiger partial charge on any atom is 0.260 e. The summed E-state index contributed by atoms with van der Waals surface area (Å²) in [6.07, 6.45) is 0.386. The molecule has 1 amide bonds. The maximum atomic E-state index is 12.4. The van der Waals surface area contributed by atoms with Crippen LogP contribution in [0.3, 0.4) is 0 Å². The zero-order chi connectivity index (χ0) is 18.5. The second-order valence-electron chi connectivity index (χ2n) is 7.22. The van der Waals surface area contributed by atoms with Crippen LogP contribution in [-0.2, 0) is 11.2 Å². The molecule has 1 heterocycles. The second kappa shape index (κ2) is 8.26.